The van der Waals surface area contributed by atoms with Crippen LogP contribution in [0.3, 0.4) is 0 Å². The van der Waals surface area contributed by atoms with E-state index in [0.717, 1.165) is 21.7 Å². The van der Waals surface area contributed by atoms with Crippen LogP contribution < -0.4 is 9.96 Å². The van der Waals surface area contributed by atoms with Gasteiger partial charge in [0.2, 0.25) is 5.91 Å². The maximum atomic E-state index is 13.6. The monoisotopic (exact) mass is 452 g/mol. The number of benzene rings is 3. The molecular formula is C24H18Cl2N2O3. The predicted octanol–water partition coefficient (Wildman–Crippen LogP) is 5.35. The van der Waals surface area contributed by atoms with Crippen molar-refractivity contribution in [3.05, 3.63) is 94.0 Å². The maximum absolute atomic E-state index is 13.6. The lowest BCUT2D eigenvalue weighted by atomic mass is 9.90. The molecule has 0 unspecified atom stereocenters. The molecule has 2 saturated heterocycles. The molecule has 31 heavy (non-hydrogen) atoms. The Labute approximate surface area is 189 Å². The number of carbonyl (C=O) groups is 2. The highest BCUT2D eigenvalue weighted by Gasteiger charge is 2.60. The SMILES string of the molecule is Cc1ccc([C@H]2[C@@H]3C(=O)N(c4cc(Cl)cc(Cl)c4)C(=O)[C@@H]3ON2c2ccccc2)cc1. The molecule has 0 aliphatic carbocycles. The van der Waals surface area contributed by atoms with Crippen LogP contribution in [0, 0.1) is 12.8 Å². The van der Waals surface area contributed by atoms with Crippen molar-refractivity contribution in [2.45, 2.75) is 19.1 Å². The quantitative estimate of drug-likeness (QED) is 0.502. The molecule has 0 aromatic heterocycles. The highest BCUT2D eigenvalue weighted by molar-refractivity contribution is 6.35. The molecule has 0 saturated carbocycles. The number of imide groups is 1. The lowest BCUT2D eigenvalue weighted by Crippen LogP contribution is -2.37. The third-order valence-corrected chi connectivity index (χ3v) is 6.09. The number of aryl methyl sites for hydroxylation is 1. The Bertz CT molecular complexity index is 1150. The number of hydrogen-bond acceptors (Lipinski definition) is 4. The van der Waals surface area contributed by atoms with Crippen LogP contribution in [0.1, 0.15) is 17.2 Å². The second-order valence-corrected chi connectivity index (χ2v) is 8.58. The van der Waals surface area contributed by atoms with Crippen LogP contribution in [-0.4, -0.2) is 17.9 Å². The maximum Gasteiger partial charge on any atom is 0.266 e. The lowest BCUT2D eigenvalue weighted by molar-refractivity contribution is -0.126. The second kappa shape index (κ2) is 7.68. The van der Waals surface area contributed by atoms with Crippen LogP contribution in [0.25, 0.3) is 0 Å². The van der Waals surface area contributed by atoms with Gasteiger partial charge in [0, 0.05) is 10.0 Å². The highest BCUT2D eigenvalue weighted by Crippen LogP contribution is 2.47. The van der Waals surface area contributed by atoms with Gasteiger partial charge in [-0.3, -0.25) is 14.4 Å². The first-order chi connectivity index (χ1) is 14.9. The van der Waals surface area contributed by atoms with Crippen molar-refractivity contribution in [1.29, 1.82) is 0 Å². The van der Waals surface area contributed by atoms with Gasteiger partial charge in [0.15, 0.2) is 6.10 Å². The average Bonchev–Trinajstić information content (AvgIpc) is 3.25. The number of hydrogen-bond donors (Lipinski definition) is 0. The Morgan fingerprint density at radius 1 is 0.806 bits per heavy atom. The van der Waals surface area contributed by atoms with Crippen LogP contribution in [0.5, 0.6) is 0 Å². The van der Waals surface area contributed by atoms with E-state index in [1.165, 1.54) is 0 Å². The zero-order chi connectivity index (χ0) is 21.7. The number of fused-ring (bicyclic) bond motifs is 1. The summed E-state index contributed by atoms with van der Waals surface area (Å²) < 4.78 is 0. The van der Waals surface area contributed by atoms with Gasteiger partial charge in [0.05, 0.1) is 17.4 Å². The van der Waals surface area contributed by atoms with E-state index in [1.54, 1.807) is 23.3 Å². The Kier molecular flexibility index (Phi) is 4.97. The Balaban J connectivity index is 1.59. The number of para-hydroxylation sites is 1. The number of anilines is 2. The average molecular weight is 453 g/mol. The molecule has 156 valence electrons. The van der Waals surface area contributed by atoms with E-state index < -0.39 is 24.0 Å². The minimum Gasteiger partial charge on any atom is -0.273 e. The summed E-state index contributed by atoms with van der Waals surface area (Å²) in [5.74, 6) is -1.46. The molecule has 2 amide bonds. The van der Waals surface area contributed by atoms with E-state index in [-0.39, 0.29) is 5.91 Å². The molecule has 0 N–H and O–H groups in total. The molecule has 2 fully saturated rings. The topological polar surface area (TPSA) is 49.9 Å². The Morgan fingerprint density at radius 2 is 1.45 bits per heavy atom. The van der Waals surface area contributed by atoms with Gasteiger partial charge in [0.1, 0.15) is 5.92 Å². The van der Waals surface area contributed by atoms with Crippen LogP contribution in [-0.2, 0) is 14.4 Å². The van der Waals surface area contributed by atoms with Gasteiger partial charge in [-0.05, 0) is 42.8 Å². The van der Waals surface area contributed by atoms with Gasteiger partial charge in [-0.25, -0.2) is 9.96 Å². The Morgan fingerprint density at radius 3 is 2.10 bits per heavy atom. The molecule has 3 aromatic rings. The normalized spacial score (nSPS) is 22.9. The van der Waals surface area contributed by atoms with Crippen molar-refractivity contribution in [2.24, 2.45) is 5.92 Å². The molecule has 0 bridgehead atoms. The van der Waals surface area contributed by atoms with E-state index in [4.69, 9.17) is 28.0 Å². The van der Waals surface area contributed by atoms with Crippen molar-refractivity contribution in [1.82, 2.24) is 0 Å². The highest BCUT2D eigenvalue weighted by atomic mass is 35.5. The summed E-state index contributed by atoms with van der Waals surface area (Å²) in [6.07, 6.45) is -0.934. The van der Waals surface area contributed by atoms with Crippen molar-refractivity contribution in [3.63, 3.8) is 0 Å². The van der Waals surface area contributed by atoms with Gasteiger partial charge in [-0.2, -0.15) is 0 Å². The summed E-state index contributed by atoms with van der Waals surface area (Å²) in [7, 11) is 0. The van der Waals surface area contributed by atoms with Gasteiger partial charge >= 0.3 is 0 Å². The number of amides is 2. The van der Waals surface area contributed by atoms with E-state index in [2.05, 4.69) is 0 Å². The molecule has 3 aromatic carbocycles. The summed E-state index contributed by atoms with van der Waals surface area (Å²) in [6.45, 7) is 2.00. The standard InChI is InChI=1S/C24H18Cl2N2O3/c1-14-7-9-15(10-8-14)21-20-22(31-28(21)18-5-3-2-4-6-18)24(30)27(23(20)29)19-12-16(25)11-17(26)13-19/h2-13,20-22H,1H3/t20-,21-,22+/m0/s1. The van der Waals surface area contributed by atoms with E-state index in [0.29, 0.717) is 15.7 Å². The number of hydroxylamine groups is 1. The van der Waals surface area contributed by atoms with E-state index >= 15 is 0 Å². The van der Waals surface area contributed by atoms with E-state index in [9.17, 15) is 9.59 Å². The van der Waals surface area contributed by atoms with Crippen molar-refractivity contribution < 1.29 is 14.4 Å². The van der Waals surface area contributed by atoms with Gasteiger partial charge in [0.25, 0.3) is 5.91 Å². The first-order valence-corrected chi connectivity index (χ1v) is 10.6. The third-order valence-electron chi connectivity index (χ3n) is 5.65. The number of rotatable bonds is 3. The molecule has 0 spiro atoms. The summed E-state index contributed by atoms with van der Waals surface area (Å²) in [6, 6.07) is 21.6. The van der Waals surface area contributed by atoms with E-state index in [1.807, 2.05) is 61.5 Å². The molecule has 2 heterocycles. The number of nitrogens with zero attached hydrogens (tertiary/aromatic N) is 2. The minimum atomic E-state index is -0.934. The first-order valence-electron chi connectivity index (χ1n) is 9.85. The van der Waals surface area contributed by atoms with Gasteiger partial charge < -0.3 is 0 Å². The van der Waals surface area contributed by atoms with Crippen molar-refractivity contribution in [3.8, 4) is 0 Å². The minimum absolute atomic E-state index is 0.336. The lowest BCUT2D eigenvalue weighted by Gasteiger charge is -2.29. The molecular weight excluding hydrogens is 435 g/mol. The molecule has 5 rings (SSSR count). The van der Waals surface area contributed by atoms with Crippen LogP contribution in [0.4, 0.5) is 11.4 Å². The van der Waals surface area contributed by atoms with Crippen molar-refractivity contribution >= 4 is 46.4 Å². The first kappa shape index (κ1) is 20.1. The van der Waals surface area contributed by atoms with Crippen LogP contribution >= 0.6 is 23.2 Å². The summed E-state index contributed by atoms with van der Waals surface area (Å²) in [4.78, 5) is 34.1. The predicted molar refractivity (Wildman–Crippen MR) is 120 cm³/mol. The number of carbonyl (C=O) groups excluding carboxylic acids is 2. The van der Waals surface area contributed by atoms with Crippen molar-refractivity contribution in [2.75, 3.05) is 9.96 Å². The molecule has 7 heteroatoms. The molecule has 2 aliphatic rings. The number of halogens is 2. The van der Waals surface area contributed by atoms with Gasteiger partial charge in [-0.15, -0.1) is 0 Å². The third kappa shape index (κ3) is 3.39. The molecule has 3 atom stereocenters. The fourth-order valence-corrected chi connectivity index (χ4v) is 4.75. The fourth-order valence-electron chi connectivity index (χ4n) is 4.24. The molecule has 2 aliphatic heterocycles. The largest absolute Gasteiger partial charge is 0.273 e. The zero-order valence-electron chi connectivity index (χ0n) is 16.5. The zero-order valence-corrected chi connectivity index (χ0v) is 18.0. The molecule has 0 radical (unpaired) electrons. The summed E-state index contributed by atoms with van der Waals surface area (Å²) in [5, 5.41) is 2.38. The van der Waals surface area contributed by atoms with Crippen LogP contribution in [0.2, 0.25) is 10.0 Å². The smallest absolute Gasteiger partial charge is 0.266 e. The van der Waals surface area contributed by atoms with Crippen LogP contribution in [0.15, 0.2) is 72.8 Å². The van der Waals surface area contributed by atoms with Gasteiger partial charge in [-0.1, -0.05) is 71.2 Å². The summed E-state index contributed by atoms with van der Waals surface area (Å²) >= 11 is 12.2. The summed E-state index contributed by atoms with van der Waals surface area (Å²) in [5.41, 5.74) is 3.13. The molecule has 5 nitrogen and oxygen atoms in total. The Hall–Kier alpha value is -2.86. The fraction of sp³-hybridized carbons (Fsp3) is 0.167. The second-order valence-electron chi connectivity index (χ2n) is 7.71.